The van der Waals surface area contributed by atoms with Gasteiger partial charge in [-0.25, -0.2) is 8.78 Å². The molecule has 0 saturated heterocycles. The van der Waals surface area contributed by atoms with Crippen LogP contribution in [0.15, 0.2) is 42.5 Å². The summed E-state index contributed by atoms with van der Waals surface area (Å²) in [4.78, 5) is 0. The van der Waals surface area contributed by atoms with Crippen LogP contribution in [0.1, 0.15) is 5.69 Å². The number of nitrogens with one attached hydrogen (secondary N) is 1. The van der Waals surface area contributed by atoms with Crippen LogP contribution < -0.4 is 5.32 Å². The van der Waals surface area contributed by atoms with Crippen molar-refractivity contribution in [1.82, 2.24) is 9.78 Å². The molecule has 0 aliphatic rings. The maximum absolute atomic E-state index is 13.5. The van der Waals surface area contributed by atoms with Gasteiger partial charge in [-0.15, -0.1) is 0 Å². The van der Waals surface area contributed by atoms with Gasteiger partial charge in [0, 0.05) is 18.5 Å². The SMILES string of the molecule is Cn1nc(CNc2ccc(F)cc2F)c2ccccc21. The van der Waals surface area contributed by atoms with Gasteiger partial charge < -0.3 is 5.32 Å². The van der Waals surface area contributed by atoms with Crippen LogP contribution >= 0.6 is 0 Å². The number of benzene rings is 2. The number of aromatic nitrogens is 2. The van der Waals surface area contributed by atoms with Crippen LogP contribution in [-0.2, 0) is 13.6 Å². The Morgan fingerprint density at radius 3 is 2.75 bits per heavy atom. The second-order valence-electron chi connectivity index (χ2n) is 4.57. The summed E-state index contributed by atoms with van der Waals surface area (Å²) in [6.45, 7) is 0.379. The van der Waals surface area contributed by atoms with E-state index in [1.807, 2.05) is 31.3 Å². The van der Waals surface area contributed by atoms with Crippen molar-refractivity contribution in [3.63, 3.8) is 0 Å². The molecule has 0 unspecified atom stereocenters. The fraction of sp³-hybridized carbons (Fsp3) is 0.133. The van der Waals surface area contributed by atoms with Crippen LogP contribution in [-0.4, -0.2) is 9.78 Å². The molecule has 0 amide bonds. The molecule has 0 bridgehead atoms. The molecule has 5 heteroatoms. The smallest absolute Gasteiger partial charge is 0.149 e. The van der Waals surface area contributed by atoms with Gasteiger partial charge in [-0.2, -0.15) is 5.10 Å². The molecule has 3 nitrogen and oxygen atoms in total. The Morgan fingerprint density at radius 2 is 1.95 bits per heavy atom. The van der Waals surface area contributed by atoms with Crippen molar-refractivity contribution in [3.05, 3.63) is 59.8 Å². The highest BCUT2D eigenvalue weighted by Gasteiger charge is 2.09. The standard InChI is InChI=1S/C15H13F2N3/c1-20-15-5-3-2-4-11(15)14(19-20)9-18-13-7-6-10(16)8-12(13)17/h2-8,18H,9H2,1H3. The van der Waals surface area contributed by atoms with Crippen LogP contribution in [0.2, 0.25) is 0 Å². The number of para-hydroxylation sites is 1. The first-order valence-corrected chi connectivity index (χ1v) is 6.24. The summed E-state index contributed by atoms with van der Waals surface area (Å²) in [7, 11) is 1.87. The van der Waals surface area contributed by atoms with E-state index in [4.69, 9.17) is 0 Å². The highest BCUT2D eigenvalue weighted by molar-refractivity contribution is 5.82. The quantitative estimate of drug-likeness (QED) is 0.792. The molecule has 0 aliphatic carbocycles. The highest BCUT2D eigenvalue weighted by atomic mass is 19.1. The van der Waals surface area contributed by atoms with Gasteiger partial charge >= 0.3 is 0 Å². The molecule has 1 heterocycles. The van der Waals surface area contributed by atoms with Crippen LogP contribution in [0.5, 0.6) is 0 Å². The lowest BCUT2D eigenvalue weighted by Gasteiger charge is -2.06. The lowest BCUT2D eigenvalue weighted by Crippen LogP contribution is -2.03. The molecular formula is C15H13F2N3. The number of rotatable bonds is 3. The van der Waals surface area contributed by atoms with Gasteiger partial charge in [0.25, 0.3) is 0 Å². The van der Waals surface area contributed by atoms with E-state index in [2.05, 4.69) is 10.4 Å². The van der Waals surface area contributed by atoms with Gasteiger partial charge in [-0.05, 0) is 18.2 Å². The number of fused-ring (bicyclic) bond motifs is 1. The zero-order valence-corrected chi connectivity index (χ0v) is 10.9. The molecule has 0 aliphatic heterocycles. The molecule has 3 aromatic rings. The number of halogens is 2. The van der Waals surface area contributed by atoms with Crippen molar-refractivity contribution in [1.29, 1.82) is 0 Å². The fourth-order valence-electron chi connectivity index (χ4n) is 2.23. The molecule has 2 aromatic carbocycles. The summed E-state index contributed by atoms with van der Waals surface area (Å²) < 4.78 is 28.2. The van der Waals surface area contributed by atoms with E-state index < -0.39 is 11.6 Å². The molecule has 0 fully saturated rings. The zero-order valence-electron chi connectivity index (χ0n) is 10.9. The molecule has 0 saturated carbocycles. The minimum absolute atomic E-state index is 0.265. The minimum Gasteiger partial charge on any atom is -0.377 e. The summed E-state index contributed by atoms with van der Waals surface area (Å²) >= 11 is 0. The summed E-state index contributed by atoms with van der Waals surface area (Å²) in [5.74, 6) is -1.19. The predicted molar refractivity (Wildman–Crippen MR) is 74.4 cm³/mol. The van der Waals surface area contributed by atoms with Gasteiger partial charge in [-0.3, -0.25) is 4.68 Å². The second-order valence-corrected chi connectivity index (χ2v) is 4.57. The Morgan fingerprint density at radius 1 is 1.15 bits per heavy atom. The summed E-state index contributed by atoms with van der Waals surface area (Å²) in [6, 6.07) is 11.3. The second kappa shape index (κ2) is 4.92. The maximum Gasteiger partial charge on any atom is 0.149 e. The normalized spacial score (nSPS) is 10.9. The van der Waals surface area contributed by atoms with Gasteiger partial charge in [-0.1, -0.05) is 18.2 Å². The van der Waals surface area contributed by atoms with Crippen molar-refractivity contribution in [3.8, 4) is 0 Å². The first-order valence-electron chi connectivity index (χ1n) is 6.24. The van der Waals surface area contributed by atoms with Gasteiger partial charge in [0.15, 0.2) is 0 Å². The Kier molecular flexibility index (Phi) is 3.10. The summed E-state index contributed by atoms with van der Waals surface area (Å²) in [5.41, 5.74) is 2.11. The van der Waals surface area contributed by atoms with E-state index in [9.17, 15) is 8.78 Å². The van der Waals surface area contributed by atoms with E-state index in [0.29, 0.717) is 6.54 Å². The lowest BCUT2D eigenvalue weighted by molar-refractivity contribution is 0.585. The molecule has 0 atom stereocenters. The third kappa shape index (κ3) is 2.22. The third-order valence-corrected chi connectivity index (χ3v) is 3.21. The Labute approximate surface area is 114 Å². The number of hydrogen-bond acceptors (Lipinski definition) is 2. The molecule has 1 N–H and O–H groups in total. The minimum atomic E-state index is -0.606. The highest BCUT2D eigenvalue weighted by Crippen LogP contribution is 2.20. The van der Waals surface area contributed by atoms with Crippen LogP contribution in [0, 0.1) is 11.6 Å². The van der Waals surface area contributed by atoms with Crippen molar-refractivity contribution >= 4 is 16.6 Å². The average molecular weight is 273 g/mol. The van der Waals surface area contributed by atoms with Crippen molar-refractivity contribution < 1.29 is 8.78 Å². The largest absolute Gasteiger partial charge is 0.377 e. The van der Waals surface area contributed by atoms with E-state index in [1.54, 1.807) is 4.68 Å². The number of anilines is 1. The van der Waals surface area contributed by atoms with E-state index in [1.165, 1.54) is 12.1 Å². The molecule has 3 rings (SSSR count). The van der Waals surface area contributed by atoms with Crippen LogP contribution in [0.4, 0.5) is 14.5 Å². The van der Waals surface area contributed by atoms with Crippen molar-refractivity contribution in [2.24, 2.45) is 7.05 Å². The van der Waals surface area contributed by atoms with Crippen LogP contribution in [0.3, 0.4) is 0 Å². The van der Waals surface area contributed by atoms with Gasteiger partial charge in [0.1, 0.15) is 11.6 Å². The molecule has 1 aromatic heterocycles. The van der Waals surface area contributed by atoms with Gasteiger partial charge in [0.2, 0.25) is 0 Å². The number of nitrogens with zero attached hydrogens (tertiary/aromatic N) is 2. The van der Waals surface area contributed by atoms with Gasteiger partial charge in [0.05, 0.1) is 23.4 Å². The first kappa shape index (κ1) is 12.6. The summed E-state index contributed by atoms with van der Waals surface area (Å²) in [6.07, 6.45) is 0. The first-order chi connectivity index (χ1) is 9.65. The van der Waals surface area contributed by atoms with Crippen molar-refractivity contribution in [2.75, 3.05) is 5.32 Å². The zero-order chi connectivity index (χ0) is 14.1. The molecule has 0 spiro atoms. The monoisotopic (exact) mass is 273 g/mol. The predicted octanol–water partition coefficient (Wildman–Crippen LogP) is 3.46. The third-order valence-electron chi connectivity index (χ3n) is 3.21. The Hall–Kier alpha value is -2.43. The molecule has 20 heavy (non-hydrogen) atoms. The Bertz CT molecular complexity index is 765. The topological polar surface area (TPSA) is 29.9 Å². The average Bonchev–Trinajstić information content (AvgIpc) is 2.75. The van der Waals surface area contributed by atoms with E-state index in [0.717, 1.165) is 22.7 Å². The van der Waals surface area contributed by atoms with Crippen LogP contribution in [0.25, 0.3) is 10.9 Å². The van der Waals surface area contributed by atoms with Crippen molar-refractivity contribution in [2.45, 2.75) is 6.54 Å². The summed E-state index contributed by atoms with van der Waals surface area (Å²) in [5, 5.41) is 8.37. The maximum atomic E-state index is 13.5. The molecule has 0 radical (unpaired) electrons. The van der Waals surface area contributed by atoms with E-state index in [-0.39, 0.29) is 5.69 Å². The molecule has 102 valence electrons. The lowest BCUT2D eigenvalue weighted by atomic mass is 10.2. The molecular weight excluding hydrogens is 260 g/mol. The Balaban J connectivity index is 1.87. The van der Waals surface area contributed by atoms with E-state index >= 15 is 0 Å². The number of aryl methyl sites for hydroxylation is 1. The fourth-order valence-corrected chi connectivity index (χ4v) is 2.23. The number of hydrogen-bond donors (Lipinski definition) is 1.